The van der Waals surface area contributed by atoms with Gasteiger partial charge in [0.1, 0.15) is 23.9 Å². The summed E-state index contributed by atoms with van der Waals surface area (Å²) in [5, 5.41) is 2.85. The summed E-state index contributed by atoms with van der Waals surface area (Å²) in [6.07, 6.45) is 1.12. The molecule has 2 aromatic rings. The normalized spacial score (nSPS) is 10.1. The van der Waals surface area contributed by atoms with E-state index in [1.165, 1.54) is 0 Å². The Morgan fingerprint density at radius 1 is 0.958 bits per heavy atom. The van der Waals surface area contributed by atoms with E-state index < -0.39 is 0 Å². The van der Waals surface area contributed by atoms with E-state index in [-0.39, 0.29) is 5.91 Å². The smallest absolute Gasteiger partial charge is 0.220 e. The van der Waals surface area contributed by atoms with E-state index >= 15 is 0 Å². The number of aryl methyl sites for hydroxylation is 1. The minimum Gasteiger partial charge on any atom is -0.497 e. The van der Waals surface area contributed by atoms with Crippen LogP contribution in [0, 0.1) is 0 Å². The van der Waals surface area contributed by atoms with Crippen LogP contribution < -0.4 is 19.5 Å². The maximum absolute atomic E-state index is 11.9. The average Bonchev–Trinajstić information content (AvgIpc) is 2.64. The first-order chi connectivity index (χ1) is 11.7. The number of amides is 1. The fourth-order valence-corrected chi connectivity index (χ4v) is 2.22. The number of hydrogen-bond donors (Lipinski definition) is 1. The molecular formula is C19H23NO4. The third-order valence-electron chi connectivity index (χ3n) is 3.51. The highest BCUT2D eigenvalue weighted by Crippen LogP contribution is 2.18. The Hall–Kier alpha value is -2.69. The molecule has 2 aromatic carbocycles. The molecule has 0 saturated carbocycles. The van der Waals surface area contributed by atoms with Gasteiger partial charge >= 0.3 is 0 Å². The topological polar surface area (TPSA) is 56.8 Å². The molecule has 0 saturated heterocycles. The Kier molecular flexibility index (Phi) is 6.95. The van der Waals surface area contributed by atoms with Crippen molar-refractivity contribution in [3.05, 3.63) is 54.1 Å². The molecule has 0 radical (unpaired) electrons. The highest BCUT2D eigenvalue weighted by atomic mass is 16.5. The van der Waals surface area contributed by atoms with Crippen LogP contribution in [0.3, 0.4) is 0 Å². The second-order valence-corrected chi connectivity index (χ2v) is 5.23. The van der Waals surface area contributed by atoms with Gasteiger partial charge in [-0.1, -0.05) is 18.2 Å². The van der Waals surface area contributed by atoms with Crippen LogP contribution >= 0.6 is 0 Å². The van der Waals surface area contributed by atoms with Gasteiger partial charge in [0, 0.05) is 12.5 Å². The van der Waals surface area contributed by atoms with Crippen molar-refractivity contribution in [3.63, 3.8) is 0 Å². The highest BCUT2D eigenvalue weighted by Gasteiger charge is 2.03. The largest absolute Gasteiger partial charge is 0.497 e. The van der Waals surface area contributed by atoms with Gasteiger partial charge in [-0.15, -0.1) is 0 Å². The summed E-state index contributed by atoms with van der Waals surface area (Å²) in [5.41, 5.74) is 1.08. The standard InChI is InChI=1S/C19H23NO4/c1-22-16-6-3-5-15(13-16)9-10-19(21)20-11-12-24-18-8-4-7-17(14-18)23-2/h3-8,13-14H,9-12H2,1-2H3,(H,20,21). The van der Waals surface area contributed by atoms with E-state index in [0.717, 1.165) is 22.8 Å². The van der Waals surface area contributed by atoms with Gasteiger partial charge in [0.25, 0.3) is 0 Å². The van der Waals surface area contributed by atoms with Gasteiger partial charge in [0.15, 0.2) is 0 Å². The lowest BCUT2D eigenvalue weighted by atomic mass is 10.1. The second-order valence-electron chi connectivity index (χ2n) is 5.23. The minimum atomic E-state index is 0.00654. The molecule has 0 bridgehead atoms. The molecule has 128 valence electrons. The minimum absolute atomic E-state index is 0.00654. The quantitative estimate of drug-likeness (QED) is 0.719. The molecule has 0 aliphatic heterocycles. The van der Waals surface area contributed by atoms with Crippen molar-refractivity contribution >= 4 is 5.91 Å². The lowest BCUT2D eigenvalue weighted by Gasteiger charge is -2.09. The van der Waals surface area contributed by atoms with Crippen molar-refractivity contribution in [2.45, 2.75) is 12.8 Å². The highest BCUT2D eigenvalue weighted by molar-refractivity contribution is 5.76. The Labute approximate surface area is 142 Å². The number of hydrogen-bond acceptors (Lipinski definition) is 4. The first kappa shape index (κ1) is 17.7. The lowest BCUT2D eigenvalue weighted by Crippen LogP contribution is -2.28. The summed E-state index contributed by atoms with van der Waals surface area (Å²) >= 11 is 0. The van der Waals surface area contributed by atoms with Crippen LogP contribution in [-0.4, -0.2) is 33.3 Å². The van der Waals surface area contributed by atoms with Crippen molar-refractivity contribution in [1.29, 1.82) is 0 Å². The molecule has 0 aliphatic rings. The summed E-state index contributed by atoms with van der Waals surface area (Å²) in [6, 6.07) is 15.1. The fourth-order valence-electron chi connectivity index (χ4n) is 2.22. The number of carbonyl (C=O) groups is 1. The summed E-state index contributed by atoms with van der Waals surface area (Å²) in [4.78, 5) is 11.9. The zero-order valence-electron chi connectivity index (χ0n) is 14.1. The Morgan fingerprint density at radius 3 is 2.38 bits per heavy atom. The van der Waals surface area contributed by atoms with Crippen LogP contribution in [0.25, 0.3) is 0 Å². The summed E-state index contributed by atoms with van der Waals surface area (Å²) in [6.45, 7) is 0.881. The molecule has 0 spiro atoms. The van der Waals surface area contributed by atoms with Gasteiger partial charge in [-0.05, 0) is 36.2 Å². The molecule has 0 aliphatic carbocycles. The molecule has 5 heteroatoms. The molecule has 0 atom stereocenters. The second kappa shape index (κ2) is 9.45. The number of ether oxygens (including phenoxy) is 3. The average molecular weight is 329 g/mol. The van der Waals surface area contributed by atoms with Crippen LogP contribution in [0.5, 0.6) is 17.2 Å². The van der Waals surface area contributed by atoms with Gasteiger partial charge in [0.2, 0.25) is 5.91 Å². The van der Waals surface area contributed by atoms with E-state index in [0.29, 0.717) is 26.0 Å². The first-order valence-corrected chi connectivity index (χ1v) is 7.88. The van der Waals surface area contributed by atoms with Crippen molar-refractivity contribution in [1.82, 2.24) is 5.32 Å². The van der Waals surface area contributed by atoms with Gasteiger partial charge in [-0.25, -0.2) is 0 Å². The summed E-state index contributed by atoms with van der Waals surface area (Å²) < 4.78 is 15.9. The third kappa shape index (κ3) is 5.83. The van der Waals surface area contributed by atoms with Gasteiger partial charge in [-0.2, -0.15) is 0 Å². The van der Waals surface area contributed by atoms with Gasteiger partial charge in [-0.3, -0.25) is 4.79 Å². The van der Waals surface area contributed by atoms with Crippen molar-refractivity contribution in [2.24, 2.45) is 0 Å². The molecule has 0 unspecified atom stereocenters. The van der Waals surface area contributed by atoms with Crippen molar-refractivity contribution in [3.8, 4) is 17.2 Å². The Morgan fingerprint density at radius 2 is 1.62 bits per heavy atom. The fraction of sp³-hybridized carbons (Fsp3) is 0.316. The SMILES string of the molecule is COc1cccc(CCC(=O)NCCOc2cccc(OC)c2)c1. The summed E-state index contributed by atoms with van der Waals surface area (Å²) in [7, 11) is 3.25. The lowest BCUT2D eigenvalue weighted by molar-refractivity contribution is -0.121. The zero-order chi connectivity index (χ0) is 17.2. The zero-order valence-corrected chi connectivity index (χ0v) is 14.1. The molecule has 1 N–H and O–H groups in total. The van der Waals surface area contributed by atoms with Crippen molar-refractivity contribution in [2.75, 3.05) is 27.4 Å². The molecule has 0 fully saturated rings. The third-order valence-corrected chi connectivity index (χ3v) is 3.51. The van der Waals surface area contributed by atoms with E-state index in [9.17, 15) is 4.79 Å². The van der Waals surface area contributed by atoms with E-state index in [2.05, 4.69) is 5.32 Å². The van der Waals surface area contributed by atoms with Crippen LogP contribution in [-0.2, 0) is 11.2 Å². The predicted octanol–water partition coefficient (Wildman–Crippen LogP) is 2.83. The molecule has 0 heterocycles. The predicted molar refractivity (Wildman–Crippen MR) is 92.8 cm³/mol. The van der Waals surface area contributed by atoms with E-state index in [1.807, 2.05) is 48.5 Å². The molecule has 24 heavy (non-hydrogen) atoms. The number of methoxy groups -OCH3 is 2. The Bertz CT molecular complexity index is 657. The number of nitrogens with one attached hydrogen (secondary N) is 1. The number of rotatable bonds is 9. The summed E-state index contributed by atoms with van der Waals surface area (Å²) in [5.74, 6) is 2.28. The first-order valence-electron chi connectivity index (χ1n) is 7.88. The number of benzene rings is 2. The monoisotopic (exact) mass is 329 g/mol. The molecule has 1 amide bonds. The van der Waals surface area contributed by atoms with Gasteiger partial charge in [0.05, 0.1) is 20.8 Å². The van der Waals surface area contributed by atoms with E-state index in [1.54, 1.807) is 14.2 Å². The van der Waals surface area contributed by atoms with Crippen molar-refractivity contribution < 1.29 is 19.0 Å². The Balaban J connectivity index is 1.65. The van der Waals surface area contributed by atoms with Crippen LogP contribution in [0.4, 0.5) is 0 Å². The van der Waals surface area contributed by atoms with E-state index in [4.69, 9.17) is 14.2 Å². The van der Waals surface area contributed by atoms with Crippen LogP contribution in [0.15, 0.2) is 48.5 Å². The van der Waals surface area contributed by atoms with Gasteiger partial charge < -0.3 is 19.5 Å². The molecule has 2 rings (SSSR count). The molecule has 0 aromatic heterocycles. The number of carbonyl (C=O) groups excluding carboxylic acids is 1. The maximum atomic E-state index is 11.9. The molecular weight excluding hydrogens is 306 g/mol. The van der Waals surface area contributed by atoms with Crippen LogP contribution in [0.1, 0.15) is 12.0 Å². The maximum Gasteiger partial charge on any atom is 0.220 e. The van der Waals surface area contributed by atoms with Crippen LogP contribution in [0.2, 0.25) is 0 Å². The molecule has 5 nitrogen and oxygen atoms in total.